The van der Waals surface area contributed by atoms with E-state index in [2.05, 4.69) is 10.6 Å². The summed E-state index contributed by atoms with van der Waals surface area (Å²) in [4.78, 5) is 23.8. The molecule has 0 aliphatic rings. The molecule has 0 radical (unpaired) electrons. The van der Waals surface area contributed by atoms with Crippen LogP contribution in [0.2, 0.25) is 0 Å². The summed E-state index contributed by atoms with van der Waals surface area (Å²) in [6.45, 7) is 0. The molecule has 0 atom stereocenters. The van der Waals surface area contributed by atoms with E-state index in [1.165, 1.54) is 36.8 Å². The highest BCUT2D eigenvalue weighted by molar-refractivity contribution is 6.05. The molecule has 134 valence electrons. The predicted molar refractivity (Wildman–Crippen MR) is 84.8 cm³/mol. The number of halogens is 3. The maximum atomic E-state index is 13.3. The Balaban J connectivity index is 1.86. The number of carbonyl (C=O) groups excluding carboxylic acids is 2. The lowest BCUT2D eigenvalue weighted by Gasteiger charge is -2.15. The van der Waals surface area contributed by atoms with Crippen LogP contribution in [-0.4, -0.2) is 11.8 Å². The fourth-order valence-corrected chi connectivity index (χ4v) is 2.15. The van der Waals surface area contributed by atoms with E-state index in [0.29, 0.717) is 0 Å². The Hall–Kier alpha value is -3.49. The van der Waals surface area contributed by atoms with E-state index in [1.54, 1.807) is 0 Å². The average Bonchev–Trinajstić information content (AvgIpc) is 3.29. The second-order valence-electron chi connectivity index (χ2n) is 5.16. The Morgan fingerprint density at radius 2 is 1.77 bits per heavy atom. The van der Waals surface area contributed by atoms with Crippen LogP contribution in [0.5, 0.6) is 0 Å². The molecule has 1 aromatic carbocycles. The van der Waals surface area contributed by atoms with Gasteiger partial charge in [0.1, 0.15) is 6.26 Å². The molecule has 2 heterocycles. The lowest BCUT2D eigenvalue weighted by molar-refractivity contribution is -0.136. The van der Waals surface area contributed by atoms with E-state index in [0.717, 1.165) is 18.4 Å². The molecule has 3 rings (SSSR count). The summed E-state index contributed by atoms with van der Waals surface area (Å²) in [6.07, 6.45) is -1.09. The van der Waals surface area contributed by atoms with Gasteiger partial charge in [-0.05, 0) is 36.4 Å². The van der Waals surface area contributed by atoms with Crippen molar-refractivity contribution in [2.75, 3.05) is 10.6 Å². The third kappa shape index (κ3) is 3.77. The van der Waals surface area contributed by atoms with Gasteiger partial charge in [-0.3, -0.25) is 9.59 Å². The number of furan rings is 2. The fraction of sp³-hybridized carbons (Fsp3) is 0.0588. The van der Waals surface area contributed by atoms with Crippen molar-refractivity contribution in [1.29, 1.82) is 0 Å². The zero-order chi connectivity index (χ0) is 18.7. The number of amides is 2. The van der Waals surface area contributed by atoms with Crippen LogP contribution >= 0.6 is 0 Å². The highest BCUT2D eigenvalue weighted by Gasteiger charge is 2.34. The standard InChI is InChI=1S/C17H11F3N2O4/c18-17(19,20)12-8-11(21-15(23)10-5-7-25-9-10)3-4-13(12)22-16(24)14-2-1-6-26-14/h1-9H,(H,21,23)(H,22,24). The Labute approximate surface area is 144 Å². The van der Waals surface area contributed by atoms with E-state index >= 15 is 0 Å². The summed E-state index contributed by atoms with van der Waals surface area (Å²) in [7, 11) is 0. The summed E-state index contributed by atoms with van der Waals surface area (Å²) >= 11 is 0. The molecule has 0 saturated heterocycles. The van der Waals surface area contributed by atoms with Crippen molar-refractivity contribution in [3.05, 3.63) is 72.1 Å². The normalized spacial score (nSPS) is 11.2. The largest absolute Gasteiger partial charge is 0.472 e. The van der Waals surface area contributed by atoms with Crippen LogP contribution in [0.1, 0.15) is 26.5 Å². The Morgan fingerprint density at radius 3 is 2.38 bits per heavy atom. The number of carbonyl (C=O) groups is 2. The second-order valence-corrected chi connectivity index (χ2v) is 5.16. The number of nitrogens with one attached hydrogen (secondary N) is 2. The molecule has 2 amide bonds. The Kier molecular flexibility index (Phi) is 4.53. The van der Waals surface area contributed by atoms with Crippen LogP contribution in [-0.2, 0) is 6.18 Å². The molecule has 0 spiro atoms. The molecule has 0 saturated carbocycles. The van der Waals surface area contributed by atoms with Gasteiger partial charge in [0.25, 0.3) is 11.8 Å². The van der Waals surface area contributed by atoms with Gasteiger partial charge < -0.3 is 19.5 Å². The van der Waals surface area contributed by atoms with Crippen molar-refractivity contribution in [1.82, 2.24) is 0 Å². The first-order valence-corrected chi connectivity index (χ1v) is 7.24. The van der Waals surface area contributed by atoms with E-state index < -0.39 is 29.2 Å². The fourth-order valence-electron chi connectivity index (χ4n) is 2.15. The monoisotopic (exact) mass is 364 g/mol. The molecule has 0 aliphatic carbocycles. The predicted octanol–water partition coefficient (Wildman–Crippen LogP) is 4.40. The van der Waals surface area contributed by atoms with Crippen LogP contribution in [0.25, 0.3) is 0 Å². The first-order chi connectivity index (χ1) is 12.3. The van der Waals surface area contributed by atoms with Crippen LogP contribution in [0.3, 0.4) is 0 Å². The number of benzene rings is 1. The van der Waals surface area contributed by atoms with Gasteiger partial charge in [-0.2, -0.15) is 13.2 Å². The summed E-state index contributed by atoms with van der Waals surface area (Å²) < 4.78 is 49.6. The summed E-state index contributed by atoms with van der Waals surface area (Å²) in [5.41, 5.74) is -1.49. The highest BCUT2D eigenvalue weighted by atomic mass is 19.4. The molecule has 0 unspecified atom stereocenters. The van der Waals surface area contributed by atoms with Gasteiger partial charge in [-0.15, -0.1) is 0 Å². The molecule has 9 heteroatoms. The lowest BCUT2D eigenvalue weighted by atomic mass is 10.1. The molecule has 2 N–H and O–H groups in total. The van der Waals surface area contributed by atoms with E-state index in [-0.39, 0.29) is 17.0 Å². The van der Waals surface area contributed by atoms with E-state index in [4.69, 9.17) is 8.83 Å². The zero-order valence-corrected chi connectivity index (χ0v) is 13.0. The molecule has 2 aromatic heterocycles. The van der Waals surface area contributed by atoms with Gasteiger partial charge in [0.15, 0.2) is 5.76 Å². The Morgan fingerprint density at radius 1 is 0.962 bits per heavy atom. The minimum Gasteiger partial charge on any atom is -0.472 e. The van der Waals surface area contributed by atoms with Gasteiger partial charge in [-0.1, -0.05) is 0 Å². The number of alkyl halides is 3. The molecule has 0 fully saturated rings. The average molecular weight is 364 g/mol. The van der Waals surface area contributed by atoms with Crippen molar-refractivity contribution in [3.8, 4) is 0 Å². The molecule has 26 heavy (non-hydrogen) atoms. The smallest absolute Gasteiger partial charge is 0.418 e. The van der Waals surface area contributed by atoms with Crippen molar-refractivity contribution in [2.24, 2.45) is 0 Å². The highest BCUT2D eigenvalue weighted by Crippen LogP contribution is 2.37. The molecular weight excluding hydrogens is 353 g/mol. The second kappa shape index (κ2) is 6.79. The minimum absolute atomic E-state index is 0.0838. The van der Waals surface area contributed by atoms with Crippen LogP contribution < -0.4 is 10.6 Å². The maximum absolute atomic E-state index is 13.3. The minimum atomic E-state index is -4.75. The third-order valence-electron chi connectivity index (χ3n) is 3.36. The number of rotatable bonds is 4. The van der Waals surface area contributed by atoms with Crippen LogP contribution in [0.4, 0.5) is 24.5 Å². The van der Waals surface area contributed by atoms with Gasteiger partial charge in [0, 0.05) is 5.69 Å². The Bertz CT molecular complexity index is 916. The quantitative estimate of drug-likeness (QED) is 0.719. The van der Waals surface area contributed by atoms with Gasteiger partial charge in [0.2, 0.25) is 0 Å². The molecule has 0 bridgehead atoms. The molecule has 0 aliphatic heterocycles. The van der Waals surface area contributed by atoms with Crippen LogP contribution in [0, 0.1) is 0 Å². The van der Waals surface area contributed by atoms with Crippen molar-refractivity contribution in [3.63, 3.8) is 0 Å². The summed E-state index contributed by atoms with van der Waals surface area (Å²) in [6, 6.07) is 7.16. The molecular formula is C17H11F3N2O4. The summed E-state index contributed by atoms with van der Waals surface area (Å²) in [5.74, 6) is -1.58. The molecule has 3 aromatic rings. The third-order valence-corrected chi connectivity index (χ3v) is 3.36. The van der Waals surface area contributed by atoms with E-state index in [9.17, 15) is 22.8 Å². The lowest BCUT2D eigenvalue weighted by Crippen LogP contribution is -2.17. The van der Waals surface area contributed by atoms with Gasteiger partial charge in [0.05, 0.1) is 29.3 Å². The van der Waals surface area contributed by atoms with E-state index in [1.807, 2.05) is 0 Å². The van der Waals surface area contributed by atoms with Crippen molar-refractivity contribution in [2.45, 2.75) is 6.18 Å². The van der Waals surface area contributed by atoms with Gasteiger partial charge in [-0.25, -0.2) is 0 Å². The number of hydrogen-bond acceptors (Lipinski definition) is 4. The first kappa shape index (κ1) is 17.3. The SMILES string of the molecule is O=C(Nc1ccc(NC(=O)c2ccco2)c(C(F)(F)F)c1)c1ccoc1. The van der Waals surface area contributed by atoms with Crippen molar-refractivity contribution < 1.29 is 31.6 Å². The molecule has 6 nitrogen and oxygen atoms in total. The zero-order valence-electron chi connectivity index (χ0n) is 13.0. The van der Waals surface area contributed by atoms with Crippen molar-refractivity contribution >= 4 is 23.2 Å². The van der Waals surface area contributed by atoms with Gasteiger partial charge >= 0.3 is 6.18 Å². The van der Waals surface area contributed by atoms with Crippen LogP contribution in [0.15, 0.2) is 64.0 Å². The topological polar surface area (TPSA) is 84.5 Å². The summed E-state index contributed by atoms with van der Waals surface area (Å²) in [5, 5.41) is 4.48. The number of hydrogen-bond donors (Lipinski definition) is 2. The first-order valence-electron chi connectivity index (χ1n) is 7.24. The maximum Gasteiger partial charge on any atom is 0.418 e. The number of anilines is 2.